The van der Waals surface area contributed by atoms with Crippen LogP contribution in [0.15, 0.2) is 118 Å². The van der Waals surface area contributed by atoms with Gasteiger partial charge in [0.05, 0.1) is 35.7 Å². The Balaban J connectivity index is 0.00000400. The van der Waals surface area contributed by atoms with Crippen LogP contribution in [0.4, 0.5) is 34.4 Å². The molecule has 8 nitrogen and oxygen atoms in total. The van der Waals surface area contributed by atoms with Crippen molar-refractivity contribution >= 4 is 34.4 Å². The van der Waals surface area contributed by atoms with Gasteiger partial charge in [-0.1, -0.05) is 50.7 Å². The highest BCUT2D eigenvalue weighted by Crippen LogP contribution is 2.21. The molecule has 0 aliphatic rings. The molecule has 0 amide bonds. The van der Waals surface area contributed by atoms with Crippen LogP contribution < -0.4 is 52.9 Å². The molecule has 0 fully saturated rings. The number of hydrogen-bond donors (Lipinski definition) is 0. The molecule has 0 N–H and O–H groups in total. The highest BCUT2D eigenvalue weighted by atomic mass is 79.9. The van der Waals surface area contributed by atoms with Crippen LogP contribution in [0.5, 0.6) is 0 Å². The molecule has 2 aromatic carbocycles. The van der Waals surface area contributed by atoms with Gasteiger partial charge in [0.1, 0.15) is 11.4 Å². The summed E-state index contributed by atoms with van der Waals surface area (Å²) in [4.78, 5) is 4.16. The summed E-state index contributed by atoms with van der Waals surface area (Å²) in [5.74, 6) is 1.80. The molecule has 0 aliphatic heterocycles. The summed E-state index contributed by atoms with van der Waals surface area (Å²) in [5, 5.41) is 18.0. The second-order valence-corrected chi connectivity index (χ2v) is 12.3. The Bertz CT molecular complexity index is 1390. The molecular weight excluding hydrogens is 728 g/mol. The summed E-state index contributed by atoms with van der Waals surface area (Å²) in [6.07, 6.45) is 16.9. The molecular formula is C38H52Br2N8. The lowest BCUT2D eigenvalue weighted by molar-refractivity contribution is -0.685. The van der Waals surface area contributed by atoms with Gasteiger partial charge in [-0.2, -0.15) is 0 Å². The van der Waals surface area contributed by atoms with E-state index in [1.807, 2.05) is 76.7 Å². The first-order chi connectivity index (χ1) is 22.5. The number of nitrogens with zero attached hydrogens (tertiary/aromatic N) is 8. The third-order valence-electron chi connectivity index (χ3n) is 8.15. The van der Waals surface area contributed by atoms with Gasteiger partial charge in [0.25, 0.3) is 0 Å². The molecule has 0 radical (unpaired) electrons. The third kappa shape index (κ3) is 14.3. The van der Waals surface area contributed by atoms with E-state index >= 15 is 0 Å². The van der Waals surface area contributed by atoms with Crippen LogP contribution in [-0.2, 0) is 13.1 Å². The zero-order valence-corrected chi connectivity index (χ0v) is 32.2. The van der Waals surface area contributed by atoms with Crippen molar-refractivity contribution in [3.8, 4) is 0 Å². The monoisotopic (exact) mass is 778 g/mol. The Morgan fingerprint density at radius 2 is 0.750 bits per heavy atom. The second kappa shape index (κ2) is 23.0. The topological polar surface area (TPSA) is 63.7 Å². The number of rotatable bonds is 19. The predicted octanol–water partition coefficient (Wildman–Crippen LogP) is 3.83. The summed E-state index contributed by atoms with van der Waals surface area (Å²) < 4.78 is 4.42. The van der Waals surface area contributed by atoms with Crippen LogP contribution in [0.25, 0.3) is 0 Å². The zero-order chi connectivity index (χ0) is 32.4. The number of pyridine rings is 2. The van der Waals surface area contributed by atoms with Gasteiger partial charge in [-0.25, -0.2) is 9.13 Å². The van der Waals surface area contributed by atoms with Crippen LogP contribution >= 0.6 is 0 Å². The average Bonchev–Trinajstić information content (AvgIpc) is 3.08. The van der Waals surface area contributed by atoms with Gasteiger partial charge >= 0.3 is 11.6 Å². The van der Waals surface area contributed by atoms with Gasteiger partial charge < -0.3 is 43.8 Å². The highest BCUT2D eigenvalue weighted by molar-refractivity contribution is 5.52. The van der Waals surface area contributed by atoms with E-state index in [0.717, 1.165) is 60.3 Å². The lowest BCUT2D eigenvalue weighted by atomic mass is 10.1. The van der Waals surface area contributed by atoms with E-state index in [1.54, 1.807) is 0 Å². The maximum absolute atomic E-state index is 4.53. The minimum absolute atomic E-state index is 0. The maximum atomic E-state index is 4.53. The van der Waals surface area contributed by atoms with Crippen molar-refractivity contribution in [2.24, 2.45) is 20.5 Å². The smallest absolute Gasteiger partial charge is 0.350 e. The Labute approximate surface area is 309 Å². The molecule has 0 saturated carbocycles. The summed E-state index contributed by atoms with van der Waals surface area (Å²) in [6.45, 7) is 1.95. The predicted molar refractivity (Wildman–Crippen MR) is 189 cm³/mol. The second-order valence-electron chi connectivity index (χ2n) is 12.3. The van der Waals surface area contributed by atoms with E-state index in [-0.39, 0.29) is 34.0 Å². The standard InChI is InChI=1S/C38H52N8.2BrH/c1-43(2)35-25-21-33(22-26-35)39-41-37-19-13-17-31-45(37)29-15-11-9-7-5-6-8-10-12-16-30-46-32-18-14-20-38(46)42-40-34-23-27-36(28-24-34)44(3)4;;/h13-14,17-28,31-32H,5-12,15-16,29-30H2,1-4H3;2*1H/q+2;;/p-2. The Kier molecular flexibility index (Phi) is 19.5. The van der Waals surface area contributed by atoms with Crippen molar-refractivity contribution in [2.75, 3.05) is 38.0 Å². The molecule has 48 heavy (non-hydrogen) atoms. The number of benzene rings is 2. The molecule has 10 heteroatoms. The number of hydrogen-bond acceptors (Lipinski definition) is 6. The molecule has 0 atom stereocenters. The number of azo groups is 2. The molecule has 4 rings (SSSR count). The van der Waals surface area contributed by atoms with E-state index in [4.69, 9.17) is 0 Å². The summed E-state index contributed by atoms with van der Waals surface area (Å²) >= 11 is 0. The van der Waals surface area contributed by atoms with Gasteiger partial charge in [0, 0.05) is 51.7 Å². The van der Waals surface area contributed by atoms with Crippen molar-refractivity contribution in [3.63, 3.8) is 0 Å². The normalized spacial score (nSPS) is 11.0. The number of aryl methyl sites for hydroxylation is 2. The van der Waals surface area contributed by atoms with E-state index in [1.165, 1.54) is 51.4 Å². The van der Waals surface area contributed by atoms with Gasteiger partial charge in [-0.05, 0) is 96.6 Å². The number of halogens is 2. The summed E-state index contributed by atoms with van der Waals surface area (Å²) in [6, 6.07) is 28.6. The van der Waals surface area contributed by atoms with Crippen molar-refractivity contribution in [1.82, 2.24) is 0 Å². The van der Waals surface area contributed by atoms with Crippen molar-refractivity contribution in [3.05, 3.63) is 97.3 Å². The summed E-state index contributed by atoms with van der Waals surface area (Å²) in [7, 11) is 8.15. The lowest BCUT2D eigenvalue weighted by Crippen LogP contribution is -3.00. The van der Waals surface area contributed by atoms with Crippen LogP contribution in [0.2, 0.25) is 0 Å². The molecule has 0 spiro atoms. The maximum Gasteiger partial charge on any atom is 0.350 e. The van der Waals surface area contributed by atoms with E-state index in [9.17, 15) is 0 Å². The molecule has 2 aromatic heterocycles. The SMILES string of the molecule is CN(C)c1ccc(N=Nc2cccc[n+]2CCCCCCCCCCCC[n+]2ccccc2N=Nc2ccc(N(C)C)cc2)cc1.[Br-].[Br-]. The van der Waals surface area contributed by atoms with Gasteiger partial charge in [0.15, 0.2) is 0 Å². The Hall–Kier alpha value is -3.50. The van der Waals surface area contributed by atoms with Crippen molar-refractivity contribution < 1.29 is 43.1 Å². The molecule has 0 bridgehead atoms. The molecule has 0 saturated heterocycles. The number of unbranched alkanes of at least 4 members (excludes halogenated alkanes) is 9. The fourth-order valence-corrected chi connectivity index (χ4v) is 5.33. The average molecular weight is 781 g/mol. The first-order valence-corrected chi connectivity index (χ1v) is 16.8. The van der Waals surface area contributed by atoms with E-state index in [0.29, 0.717) is 0 Å². The molecule has 0 unspecified atom stereocenters. The molecule has 258 valence electrons. The highest BCUT2D eigenvalue weighted by Gasteiger charge is 2.10. The van der Waals surface area contributed by atoms with Crippen molar-refractivity contribution in [1.29, 1.82) is 0 Å². The zero-order valence-electron chi connectivity index (χ0n) is 29.1. The minimum Gasteiger partial charge on any atom is -1.00 e. The van der Waals surface area contributed by atoms with Gasteiger partial charge in [0.2, 0.25) is 0 Å². The molecule has 0 aliphatic carbocycles. The fourth-order valence-electron chi connectivity index (χ4n) is 5.33. The van der Waals surface area contributed by atoms with E-state index in [2.05, 4.69) is 88.2 Å². The van der Waals surface area contributed by atoms with Crippen LogP contribution in [0, 0.1) is 0 Å². The minimum atomic E-state index is 0. The fraction of sp³-hybridized carbons (Fsp3) is 0.421. The van der Waals surface area contributed by atoms with Crippen LogP contribution in [0.1, 0.15) is 64.2 Å². The quantitative estimate of drug-likeness (QED) is 0.0826. The molecule has 4 aromatic rings. The summed E-state index contributed by atoms with van der Waals surface area (Å²) in [5.41, 5.74) is 4.05. The van der Waals surface area contributed by atoms with Crippen molar-refractivity contribution in [2.45, 2.75) is 77.3 Å². The number of aromatic nitrogens is 2. The lowest BCUT2D eigenvalue weighted by Gasteiger charge is -2.11. The Morgan fingerprint density at radius 1 is 0.417 bits per heavy atom. The third-order valence-corrected chi connectivity index (χ3v) is 8.15. The van der Waals surface area contributed by atoms with Crippen LogP contribution in [-0.4, -0.2) is 28.2 Å². The Morgan fingerprint density at radius 3 is 1.08 bits per heavy atom. The first-order valence-electron chi connectivity index (χ1n) is 16.8. The van der Waals surface area contributed by atoms with Gasteiger partial charge in [-0.3, -0.25) is 0 Å². The molecule has 2 heterocycles. The first kappa shape index (κ1) is 40.7. The van der Waals surface area contributed by atoms with Gasteiger partial charge in [-0.15, -0.1) is 0 Å². The largest absolute Gasteiger partial charge is 1.00 e. The number of anilines is 2. The van der Waals surface area contributed by atoms with E-state index < -0.39 is 0 Å². The van der Waals surface area contributed by atoms with Crippen LogP contribution in [0.3, 0.4) is 0 Å².